The summed E-state index contributed by atoms with van der Waals surface area (Å²) in [6, 6.07) is 40.7. The number of fused-ring (bicyclic) bond motifs is 2. The van der Waals surface area contributed by atoms with Crippen LogP contribution < -0.4 is 11.1 Å². The minimum absolute atomic E-state index is 0.773. The van der Waals surface area contributed by atoms with Crippen molar-refractivity contribution in [3.05, 3.63) is 121 Å². The third-order valence-electron chi connectivity index (χ3n) is 5.87. The van der Waals surface area contributed by atoms with Gasteiger partial charge in [0.05, 0.1) is 22.4 Å². The molecule has 0 aliphatic carbocycles. The number of nitrogens with two attached hydrogens (primary N) is 1. The van der Waals surface area contributed by atoms with E-state index in [2.05, 4.69) is 69.9 Å². The minimum Gasteiger partial charge on any atom is -0.399 e. The van der Waals surface area contributed by atoms with Crippen LogP contribution in [0.3, 0.4) is 0 Å². The largest absolute Gasteiger partial charge is 0.399 e. The molecule has 0 atom stereocenters. The first kappa shape index (κ1) is 22.1. The van der Waals surface area contributed by atoms with Gasteiger partial charge in [-0.25, -0.2) is 9.97 Å². The predicted molar refractivity (Wildman–Crippen MR) is 148 cm³/mol. The van der Waals surface area contributed by atoms with Gasteiger partial charge in [0.2, 0.25) is 0 Å². The molecule has 0 amide bonds. The maximum atomic E-state index is 5.67. The lowest BCUT2D eigenvalue weighted by atomic mass is 10.1. The molecule has 6 rings (SSSR count). The topological polar surface area (TPSA) is 63.8 Å². The Hall–Kier alpha value is -4.70. The highest BCUT2D eigenvalue weighted by Crippen LogP contribution is 2.23. The second-order valence-corrected chi connectivity index (χ2v) is 8.23. The number of anilines is 2. The van der Waals surface area contributed by atoms with Crippen LogP contribution in [0.5, 0.6) is 0 Å². The second kappa shape index (κ2) is 10.1. The zero-order valence-corrected chi connectivity index (χ0v) is 19.5. The molecule has 0 aliphatic rings. The maximum absolute atomic E-state index is 5.67. The zero-order valence-electron chi connectivity index (χ0n) is 19.5. The molecule has 0 spiro atoms. The van der Waals surface area contributed by atoms with E-state index in [0.29, 0.717) is 0 Å². The molecule has 0 saturated carbocycles. The van der Waals surface area contributed by atoms with Crippen molar-refractivity contribution in [3.63, 3.8) is 0 Å². The van der Waals surface area contributed by atoms with Crippen LogP contribution in [0, 0.1) is 0 Å². The molecule has 35 heavy (non-hydrogen) atoms. The quantitative estimate of drug-likeness (QED) is 0.273. The standard InChI is InChI=1S/C16H14N2.C15H12N2/c1-17-14-9-6-13(7-10-14)16-11-8-12-4-2-3-5-15(12)18-16;16-13-8-5-12(6-9-13)15-10-7-11-3-1-2-4-14(11)17-15/h2-11,17H,1H3;1-10H,16H2. The molecule has 2 aromatic heterocycles. The highest BCUT2D eigenvalue weighted by molar-refractivity contribution is 5.82. The van der Waals surface area contributed by atoms with E-state index >= 15 is 0 Å². The van der Waals surface area contributed by atoms with E-state index < -0.39 is 0 Å². The van der Waals surface area contributed by atoms with Gasteiger partial charge in [0.15, 0.2) is 0 Å². The van der Waals surface area contributed by atoms with Gasteiger partial charge in [-0.2, -0.15) is 0 Å². The SMILES string of the molecule is CNc1ccc(-c2ccc3ccccc3n2)cc1.Nc1ccc(-c2ccc3ccccc3n2)cc1. The Morgan fingerprint density at radius 3 is 1.46 bits per heavy atom. The number of hydrogen-bond acceptors (Lipinski definition) is 4. The molecule has 0 bridgehead atoms. The first-order chi connectivity index (χ1) is 17.2. The van der Waals surface area contributed by atoms with Gasteiger partial charge in [-0.1, -0.05) is 72.8 Å². The minimum atomic E-state index is 0.773. The fraction of sp³-hybridized carbons (Fsp3) is 0.0323. The Morgan fingerprint density at radius 2 is 0.971 bits per heavy atom. The Morgan fingerprint density at radius 1 is 0.514 bits per heavy atom. The van der Waals surface area contributed by atoms with Crippen molar-refractivity contribution in [3.8, 4) is 22.5 Å². The maximum Gasteiger partial charge on any atom is 0.0709 e. The smallest absolute Gasteiger partial charge is 0.0709 e. The number of pyridine rings is 2. The van der Waals surface area contributed by atoms with Crippen LogP contribution in [0.1, 0.15) is 0 Å². The number of nitrogen functional groups attached to an aromatic ring is 1. The average Bonchev–Trinajstić information content (AvgIpc) is 2.93. The molecule has 4 aromatic carbocycles. The number of hydrogen-bond donors (Lipinski definition) is 2. The lowest BCUT2D eigenvalue weighted by Gasteiger charge is -2.05. The van der Waals surface area contributed by atoms with Crippen LogP contribution in [0.25, 0.3) is 44.3 Å². The van der Waals surface area contributed by atoms with Gasteiger partial charge in [-0.05, 0) is 48.5 Å². The summed E-state index contributed by atoms with van der Waals surface area (Å²) in [7, 11) is 1.92. The molecule has 4 heteroatoms. The third kappa shape index (κ3) is 5.12. The van der Waals surface area contributed by atoms with Gasteiger partial charge in [-0.15, -0.1) is 0 Å². The molecule has 0 aliphatic heterocycles. The molecule has 2 heterocycles. The van der Waals surface area contributed by atoms with Crippen molar-refractivity contribution >= 4 is 33.2 Å². The summed E-state index contributed by atoms with van der Waals surface area (Å²) in [4.78, 5) is 9.31. The fourth-order valence-electron chi connectivity index (χ4n) is 3.92. The molecule has 4 nitrogen and oxygen atoms in total. The van der Waals surface area contributed by atoms with Crippen LogP contribution in [-0.2, 0) is 0 Å². The molecule has 0 radical (unpaired) electrons. The van der Waals surface area contributed by atoms with Gasteiger partial charge in [0.1, 0.15) is 0 Å². The highest BCUT2D eigenvalue weighted by atomic mass is 14.8. The Kier molecular flexibility index (Phi) is 6.35. The van der Waals surface area contributed by atoms with Gasteiger partial charge in [-0.3, -0.25) is 0 Å². The monoisotopic (exact) mass is 454 g/mol. The van der Waals surface area contributed by atoms with E-state index in [1.165, 1.54) is 5.39 Å². The Bertz CT molecular complexity index is 1570. The van der Waals surface area contributed by atoms with E-state index in [9.17, 15) is 0 Å². The molecular formula is C31H26N4. The van der Waals surface area contributed by atoms with Crippen LogP contribution in [0.15, 0.2) is 121 Å². The van der Waals surface area contributed by atoms with Crippen molar-refractivity contribution in [2.24, 2.45) is 0 Å². The molecule has 0 saturated heterocycles. The van der Waals surface area contributed by atoms with E-state index in [0.717, 1.165) is 50.3 Å². The summed E-state index contributed by atoms with van der Waals surface area (Å²) in [6.07, 6.45) is 0. The molecule has 0 fully saturated rings. The summed E-state index contributed by atoms with van der Waals surface area (Å²) in [5.74, 6) is 0. The highest BCUT2D eigenvalue weighted by Gasteiger charge is 2.02. The lowest BCUT2D eigenvalue weighted by molar-refractivity contribution is 1.39. The van der Waals surface area contributed by atoms with Gasteiger partial charge in [0, 0.05) is 40.3 Å². The van der Waals surface area contributed by atoms with Crippen LogP contribution in [0.4, 0.5) is 11.4 Å². The zero-order chi connectivity index (χ0) is 24.0. The van der Waals surface area contributed by atoms with Crippen molar-refractivity contribution in [1.29, 1.82) is 0 Å². The van der Waals surface area contributed by atoms with E-state index in [1.54, 1.807) is 0 Å². The molecule has 0 unspecified atom stereocenters. The summed E-state index contributed by atoms with van der Waals surface area (Å²) in [5.41, 5.74) is 13.8. The third-order valence-corrected chi connectivity index (χ3v) is 5.87. The first-order valence-electron chi connectivity index (χ1n) is 11.6. The summed E-state index contributed by atoms with van der Waals surface area (Å²) >= 11 is 0. The van der Waals surface area contributed by atoms with E-state index in [1.807, 2.05) is 73.8 Å². The summed E-state index contributed by atoms with van der Waals surface area (Å²) in [6.45, 7) is 0. The normalized spacial score (nSPS) is 10.5. The Labute approximate surface area is 205 Å². The number of rotatable bonds is 3. The second-order valence-electron chi connectivity index (χ2n) is 8.23. The first-order valence-corrected chi connectivity index (χ1v) is 11.6. The van der Waals surface area contributed by atoms with Gasteiger partial charge < -0.3 is 11.1 Å². The Balaban J connectivity index is 0.000000145. The predicted octanol–water partition coefficient (Wildman–Crippen LogP) is 7.43. The average molecular weight is 455 g/mol. The van der Waals surface area contributed by atoms with Crippen molar-refractivity contribution in [2.75, 3.05) is 18.1 Å². The number of nitrogens with zero attached hydrogens (tertiary/aromatic N) is 2. The number of nitrogens with one attached hydrogen (secondary N) is 1. The van der Waals surface area contributed by atoms with Crippen molar-refractivity contribution in [1.82, 2.24) is 9.97 Å². The van der Waals surface area contributed by atoms with Gasteiger partial charge in [0.25, 0.3) is 0 Å². The van der Waals surface area contributed by atoms with Crippen LogP contribution in [0.2, 0.25) is 0 Å². The number of para-hydroxylation sites is 2. The fourth-order valence-corrected chi connectivity index (χ4v) is 3.92. The number of benzene rings is 4. The molecular weight excluding hydrogens is 428 g/mol. The molecule has 3 N–H and O–H groups in total. The lowest BCUT2D eigenvalue weighted by Crippen LogP contribution is -1.88. The van der Waals surface area contributed by atoms with Gasteiger partial charge >= 0.3 is 0 Å². The molecule has 6 aromatic rings. The van der Waals surface area contributed by atoms with Crippen LogP contribution in [-0.4, -0.2) is 17.0 Å². The van der Waals surface area contributed by atoms with E-state index in [4.69, 9.17) is 5.73 Å². The summed E-state index contributed by atoms with van der Waals surface area (Å²) < 4.78 is 0. The van der Waals surface area contributed by atoms with Crippen molar-refractivity contribution in [2.45, 2.75) is 0 Å². The van der Waals surface area contributed by atoms with E-state index in [-0.39, 0.29) is 0 Å². The summed E-state index contributed by atoms with van der Waals surface area (Å²) in [5, 5.41) is 5.45. The van der Waals surface area contributed by atoms with Crippen LogP contribution >= 0.6 is 0 Å². The molecule has 170 valence electrons. The number of aromatic nitrogens is 2. The van der Waals surface area contributed by atoms with Crippen molar-refractivity contribution < 1.29 is 0 Å².